The molecule has 20 heavy (non-hydrogen) atoms. The predicted molar refractivity (Wildman–Crippen MR) is 81.0 cm³/mol. The highest BCUT2D eigenvalue weighted by molar-refractivity contribution is 5.27. The van der Waals surface area contributed by atoms with Crippen molar-refractivity contribution in [3.8, 4) is 5.75 Å². The lowest BCUT2D eigenvalue weighted by Crippen LogP contribution is -2.33. The average molecular weight is 278 g/mol. The van der Waals surface area contributed by atoms with Crippen molar-refractivity contribution < 1.29 is 9.84 Å². The highest BCUT2D eigenvalue weighted by Crippen LogP contribution is 2.13. The topological polar surface area (TPSA) is 44.7 Å². The maximum Gasteiger partial charge on any atom is 0.119 e. The van der Waals surface area contributed by atoms with Gasteiger partial charge in [0.05, 0.1) is 6.61 Å². The SMILES string of the molecule is OCCNCc1ccc(OCCN2CCCCC2)cc1. The number of nitrogens with zero attached hydrogens (tertiary/aromatic N) is 1. The summed E-state index contributed by atoms with van der Waals surface area (Å²) in [6.45, 7) is 5.83. The molecule has 1 saturated heterocycles. The van der Waals surface area contributed by atoms with Crippen molar-refractivity contribution in [2.24, 2.45) is 0 Å². The number of hydrogen-bond donors (Lipinski definition) is 2. The summed E-state index contributed by atoms with van der Waals surface area (Å²) >= 11 is 0. The standard InChI is InChI=1S/C16H26N2O2/c19-12-8-17-14-15-4-6-16(7-5-15)20-13-11-18-9-2-1-3-10-18/h4-7,17,19H,1-3,8-14H2. The predicted octanol–water partition coefficient (Wildman–Crippen LogP) is 1.63. The molecular weight excluding hydrogens is 252 g/mol. The van der Waals surface area contributed by atoms with Gasteiger partial charge in [-0.1, -0.05) is 18.6 Å². The number of rotatable bonds is 8. The van der Waals surface area contributed by atoms with Gasteiger partial charge in [0.25, 0.3) is 0 Å². The van der Waals surface area contributed by atoms with Crippen LogP contribution in [0.2, 0.25) is 0 Å². The maximum absolute atomic E-state index is 8.71. The van der Waals surface area contributed by atoms with Crippen LogP contribution in [0.25, 0.3) is 0 Å². The molecular formula is C16H26N2O2. The zero-order valence-electron chi connectivity index (χ0n) is 12.2. The molecule has 4 heteroatoms. The third-order valence-corrected chi connectivity index (χ3v) is 3.67. The van der Waals surface area contributed by atoms with Gasteiger partial charge in [-0.05, 0) is 43.6 Å². The van der Waals surface area contributed by atoms with Crippen molar-refractivity contribution >= 4 is 0 Å². The lowest BCUT2D eigenvalue weighted by atomic mass is 10.1. The first-order chi connectivity index (χ1) is 9.88. The third kappa shape index (κ3) is 5.49. The quantitative estimate of drug-likeness (QED) is 0.710. The van der Waals surface area contributed by atoms with Crippen LogP contribution < -0.4 is 10.1 Å². The lowest BCUT2D eigenvalue weighted by molar-refractivity contribution is 0.183. The number of aliphatic hydroxyl groups excluding tert-OH is 1. The van der Waals surface area contributed by atoms with Gasteiger partial charge in [-0.3, -0.25) is 4.90 Å². The largest absolute Gasteiger partial charge is 0.492 e. The molecule has 0 aromatic heterocycles. The molecule has 0 atom stereocenters. The molecule has 0 bridgehead atoms. The number of ether oxygens (including phenoxy) is 1. The molecule has 1 aromatic rings. The van der Waals surface area contributed by atoms with Gasteiger partial charge in [-0.2, -0.15) is 0 Å². The van der Waals surface area contributed by atoms with Crippen LogP contribution in [0.15, 0.2) is 24.3 Å². The van der Waals surface area contributed by atoms with E-state index >= 15 is 0 Å². The van der Waals surface area contributed by atoms with Crippen LogP contribution in [0.1, 0.15) is 24.8 Å². The molecule has 0 saturated carbocycles. The Morgan fingerprint density at radius 3 is 2.55 bits per heavy atom. The molecule has 0 spiro atoms. The smallest absolute Gasteiger partial charge is 0.119 e. The van der Waals surface area contributed by atoms with Gasteiger partial charge >= 0.3 is 0 Å². The molecule has 1 aromatic carbocycles. The summed E-state index contributed by atoms with van der Waals surface area (Å²) in [5, 5.41) is 11.9. The van der Waals surface area contributed by atoms with Gasteiger partial charge in [-0.15, -0.1) is 0 Å². The fourth-order valence-corrected chi connectivity index (χ4v) is 2.49. The zero-order chi connectivity index (χ0) is 14.0. The van der Waals surface area contributed by atoms with E-state index in [-0.39, 0.29) is 6.61 Å². The van der Waals surface area contributed by atoms with Crippen molar-refractivity contribution in [3.63, 3.8) is 0 Å². The van der Waals surface area contributed by atoms with Gasteiger partial charge in [0.15, 0.2) is 0 Å². The molecule has 0 radical (unpaired) electrons. The van der Waals surface area contributed by atoms with E-state index in [2.05, 4.69) is 22.3 Å². The van der Waals surface area contributed by atoms with Crippen LogP contribution in [-0.2, 0) is 6.54 Å². The highest BCUT2D eigenvalue weighted by Gasteiger charge is 2.09. The Morgan fingerprint density at radius 2 is 1.85 bits per heavy atom. The van der Waals surface area contributed by atoms with Gasteiger partial charge in [0.1, 0.15) is 12.4 Å². The van der Waals surface area contributed by atoms with Crippen molar-refractivity contribution in [1.82, 2.24) is 10.2 Å². The lowest BCUT2D eigenvalue weighted by Gasteiger charge is -2.26. The van der Waals surface area contributed by atoms with Gasteiger partial charge in [-0.25, -0.2) is 0 Å². The van der Waals surface area contributed by atoms with Crippen LogP contribution in [-0.4, -0.2) is 49.4 Å². The molecule has 2 N–H and O–H groups in total. The number of benzene rings is 1. The van der Waals surface area contributed by atoms with E-state index in [1.807, 2.05) is 12.1 Å². The minimum atomic E-state index is 0.178. The van der Waals surface area contributed by atoms with Crippen LogP contribution in [0.5, 0.6) is 5.75 Å². The summed E-state index contributed by atoms with van der Waals surface area (Å²) in [6, 6.07) is 8.18. The van der Waals surface area contributed by atoms with Crippen molar-refractivity contribution in [3.05, 3.63) is 29.8 Å². The maximum atomic E-state index is 8.71. The fraction of sp³-hybridized carbons (Fsp3) is 0.625. The summed E-state index contributed by atoms with van der Waals surface area (Å²) in [5.41, 5.74) is 1.21. The number of likely N-dealkylation sites (tertiary alicyclic amines) is 1. The average Bonchev–Trinajstić information content (AvgIpc) is 2.50. The van der Waals surface area contributed by atoms with Gasteiger partial charge in [0.2, 0.25) is 0 Å². The summed E-state index contributed by atoms with van der Waals surface area (Å²) in [5.74, 6) is 0.938. The molecule has 0 aliphatic carbocycles. The number of piperidine rings is 1. The van der Waals surface area contributed by atoms with E-state index in [1.165, 1.54) is 37.9 Å². The van der Waals surface area contributed by atoms with Gasteiger partial charge in [0, 0.05) is 19.6 Å². The monoisotopic (exact) mass is 278 g/mol. The van der Waals surface area contributed by atoms with Crippen molar-refractivity contribution in [2.45, 2.75) is 25.8 Å². The van der Waals surface area contributed by atoms with E-state index in [0.29, 0.717) is 6.54 Å². The van der Waals surface area contributed by atoms with Gasteiger partial charge < -0.3 is 15.2 Å². The highest BCUT2D eigenvalue weighted by atomic mass is 16.5. The van der Waals surface area contributed by atoms with Crippen LogP contribution in [0.3, 0.4) is 0 Å². The molecule has 1 heterocycles. The van der Waals surface area contributed by atoms with Crippen LogP contribution in [0.4, 0.5) is 0 Å². The molecule has 0 amide bonds. The van der Waals surface area contributed by atoms with E-state index in [0.717, 1.165) is 25.4 Å². The van der Waals surface area contributed by atoms with Crippen molar-refractivity contribution in [1.29, 1.82) is 0 Å². The molecule has 1 aliphatic rings. The Hall–Kier alpha value is -1.10. The molecule has 1 aliphatic heterocycles. The Kier molecular flexibility index (Phi) is 6.84. The minimum absolute atomic E-state index is 0.178. The number of aliphatic hydroxyl groups is 1. The zero-order valence-corrected chi connectivity index (χ0v) is 12.2. The fourth-order valence-electron chi connectivity index (χ4n) is 2.49. The second-order valence-corrected chi connectivity index (χ2v) is 5.30. The third-order valence-electron chi connectivity index (χ3n) is 3.67. The Labute approximate surface area is 121 Å². The first-order valence-electron chi connectivity index (χ1n) is 7.64. The van der Waals surface area contributed by atoms with Crippen LogP contribution >= 0.6 is 0 Å². The molecule has 1 fully saturated rings. The minimum Gasteiger partial charge on any atom is -0.492 e. The summed E-state index contributed by atoms with van der Waals surface area (Å²) in [7, 11) is 0. The van der Waals surface area contributed by atoms with E-state index in [4.69, 9.17) is 9.84 Å². The van der Waals surface area contributed by atoms with Crippen LogP contribution in [0, 0.1) is 0 Å². The summed E-state index contributed by atoms with van der Waals surface area (Å²) in [6.07, 6.45) is 4.04. The molecule has 0 unspecified atom stereocenters. The summed E-state index contributed by atoms with van der Waals surface area (Å²) < 4.78 is 5.79. The Balaban J connectivity index is 1.65. The van der Waals surface area contributed by atoms with E-state index < -0.39 is 0 Å². The van der Waals surface area contributed by atoms with E-state index in [9.17, 15) is 0 Å². The van der Waals surface area contributed by atoms with Crippen molar-refractivity contribution in [2.75, 3.05) is 39.4 Å². The first kappa shape index (κ1) is 15.3. The second kappa shape index (κ2) is 8.95. The normalized spacial score (nSPS) is 16.2. The number of hydrogen-bond acceptors (Lipinski definition) is 4. The summed E-state index contributed by atoms with van der Waals surface area (Å²) in [4.78, 5) is 2.48. The Bertz CT molecular complexity index is 361. The van der Waals surface area contributed by atoms with E-state index in [1.54, 1.807) is 0 Å². The number of nitrogens with one attached hydrogen (secondary N) is 1. The second-order valence-electron chi connectivity index (χ2n) is 5.30. The molecule has 112 valence electrons. The first-order valence-corrected chi connectivity index (χ1v) is 7.64. The Morgan fingerprint density at radius 1 is 1.10 bits per heavy atom. The molecule has 2 rings (SSSR count). The molecule has 4 nitrogen and oxygen atoms in total.